The summed E-state index contributed by atoms with van der Waals surface area (Å²) < 4.78 is 0. The van der Waals surface area contributed by atoms with Gasteiger partial charge in [-0.3, -0.25) is 0 Å². The van der Waals surface area contributed by atoms with Gasteiger partial charge in [0.2, 0.25) is 0 Å². The number of rotatable bonds is 6. The van der Waals surface area contributed by atoms with Crippen LogP contribution in [0.5, 0.6) is 0 Å². The molecular formula is C14H31N. The SMILES string of the molecule is CC(C)C(NC(C(C)C)C(C)C)C(C)C. The van der Waals surface area contributed by atoms with E-state index in [-0.39, 0.29) is 0 Å². The summed E-state index contributed by atoms with van der Waals surface area (Å²) in [5.41, 5.74) is 0. The Bertz CT molecular complexity index is 125. The second-order valence-electron chi connectivity index (χ2n) is 6.19. The lowest BCUT2D eigenvalue weighted by Gasteiger charge is -2.35. The summed E-state index contributed by atoms with van der Waals surface area (Å²) in [6, 6.07) is 1.28. The lowest BCUT2D eigenvalue weighted by atomic mass is 9.87. The van der Waals surface area contributed by atoms with Crippen molar-refractivity contribution >= 4 is 0 Å². The van der Waals surface area contributed by atoms with E-state index in [1.165, 1.54) is 0 Å². The van der Waals surface area contributed by atoms with Gasteiger partial charge >= 0.3 is 0 Å². The van der Waals surface area contributed by atoms with Crippen molar-refractivity contribution in [3.05, 3.63) is 0 Å². The molecular weight excluding hydrogens is 182 g/mol. The summed E-state index contributed by atoms with van der Waals surface area (Å²) in [5, 5.41) is 3.85. The summed E-state index contributed by atoms with van der Waals surface area (Å²) in [4.78, 5) is 0. The molecule has 0 rings (SSSR count). The second kappa shape index (κ2) is 6.52. The summed E-state index contributed by atoms with van der Waals surface area (Å²) in [7, 11) is 0. The maximum atomic E-state index is 3.85. The van der Waals surface area contributed by atoms with Crippen LogP contribution in [0.3, 0.4) is 0 Å². The van der Waals surface area contributed by atoms with Crippen molar-refractivity contribution in [1.82, 2.24) is 5.32 Å². The van der Waals surface area contributed by atoms with Crippen molar-refractivity contribution in [2.24, 2.45) is 23.7 Å². The van der Waals surface area contributed by atoms with Gasteiger partial charge in [-0.1, -0.05) is 55.4 Å². The van der Waals surface area contributed by atoms with Gasteiger partial charge in [0.15, 0.2) is 0 Å². The van der Waals surface area contributed by atoms with Gasteiger partial charge in [-0.15, -0.1) is 0 Å². The van der Waals surface area contributed by atoms with Crippen molar-refractivity contribution in [2.75, 3.05) is 0 Å². The van der Waals surface area contributed by atoms with E-state index >= 15 is 0 Å². The number of hydrogen-bond acceptors (Lipinski definition) is 1. The Morgan fingerprint density at radius 3 is 0.800 bits per heavy atom. The van der Waals surface area contributed by atoms with E-state index in [2.05, 4.69) is 60.7 Å². The molecule has 1 nitrogen and oxygen atoms in total. The predicted molar refractivity (Wildman–Crippen MR) is 70.1 cm³/mol. The molecule has 0 aromatic rings. The minimum Gasteiger partial charge on any atom is -0.310 e. The van der Waals surface area contributed by atoms with E-state index in [0.717, 1.165) is 0 Å². The second-order valence-corrected chi connectivity index (χ2v) is 6.19. The molecule has 92 valence electrons. The zero-order valence-electron chi connectivity index (χ0n) is 12.0. The maximum absolute atomic E-state index is 3.85. The molecule has 0 heterocycles. The van der Waals surface area contributed by atoms with Gasteiger partial charge in [0.05, 0.1) is 0 Å². The standard InChI is InChI=1S/C14H31N/c1-9(2)13(10(3)4)15-14(11(5)6)12(7)8/h9-15H,1-8H3. The number of hydrogen-bond donors (Lipinski definition) is 1. The highest BCUT2D eigenvalue weighted by Crippen LogP contribution is 2.18. The Morgan fingerprint density at radius 2 is 0.667 bits per heavy atom. The highest BCUT2D eigenvalue weighted by atomic mass is 15.0. The minimum atomic E-state index is 0.639. The van der Waals surface area contributed by atoms with Crippen LogP contribution in [0.25, 0.3) is 0 Å². The molecule has 0 aliphatic heterocycles. The summed E-state index contributed by atoms with van der Waals surface area (Å²) in [5.74, 6) is 2.85. The molecule has 0 bridgehead atoms. The van der Waals surface area contributed by atoms with Gasteiger partial charge in [-0.05, 0) is 23.7 Å². The molecule has 0 aromatic carbocycles. The Balaban J connectivity index is 4.48. The molecule has 0 aromatic heterocycles. The fourth-order valence-electron chi connectivity index (χ4n) is 2.53. The lowest BCUT2D eigenvalue weighted by Crippen LogP contribution is -2.49. The van der Waals surface area contributed by atoms with Crippen LogP contribution in [-0.2, 0) is 0 Å². The van der Waals surface area contributed by atoms with Gasteiger partial charge in [-0.25, -0.2) is 0 Å². The molecule has 1 N–H and O–H groups in total. The molecule has 0 saturated heterocycles. The van der Waals surface area contributed by atoms with E-state index in [0.29, 0.717) is 35.8 Å². The first kappa shape index (κ1) is 15.0. The molecule has 15 heavy (non-hydrogen) atoms. The van der Waals surface area contributed by atoms with Crippen molar-refractivity contribution in [3.63, 3.8) is 0 Å². The van der Waals surface area contributed by atoms with E-state index in [9.17, 15) is 0 Å². The van der Waals surface area contributed by atoms with Crippen LogP contribution in [-0.4, -0.2) is 12.1 Å². The molecule has 0 fully saturated rings. The van der Waals surface area contributed by atoms with Crippen LogP contribution < -0.4 is 5.32 Å². The average molecular weight is 213 g/mol. The van der Waals surface area contributed by atoms with Gasteiger partial charge < -0.3 is 5.32 Å². The van der Waals surface area contributed by atoms with Crippen molar-refractivity contribution in [2.45, 2.75) is 67.5 Å². The zero-order chi connectivity index (χ0) is 12.2. The first-order valence-corrected chi connectivity index (χ1v) is 6.53. The Kier molecular flexibility index (Phi) is 6.51. The number of nitrogens with one attached hydrogen (secondary N) is 1. The van der Waals surface area contributed by atoms with Gasteiger partial charge in [-0.2, -0.15) is 0 Å². The molecule has 0 aliphatic rings. The first-order valence-electron chi connectivity index (χ1n) is 6.53. The third-order valence-electron chi connectivity index (χ3n) is 3.26. The molecule has 1 heteroatoms. The van der Waals surface area contributed by atoms with Crippen molar-refractivity contribution in [3.8, 4) is 0 Å². The molecule has 0 radical (unpaired) electrons. The van der Waals surface area contributed by atoms with Crippen molar-refractivity contribution in [1.29, 1.82) is 0 Å². The highest BCUT2D eigenvalue weighted by molar-refractivity contribution is 4.82. The Hall–Kier alpha value is -0.0400. The third-order valence-corrected chi connectivity index (χ3v) is 3.26. The molecule has 0 spiro atoms. The summed E-state index contributed by atoms with van der Waals surface area (Å²) >= 11 is 0. The van der Waals surface area contributed by atoms with Gasteiger partial charge in [0, 0.05) is 12.1 Å². The van der Waals surface area contributed by atoms with Crippen LogP contribution in [0.2, 0.25) is 0 Å². The predicted octanol–water partition coefficient (Wildman–Crippen LogP) is 3.94. The fraction of sp³-hybridized carbons (Fsp3) is 1.00. The minimum absolute atomic E-state index is 0.639. The van der Waals surface area contributed by atoms with Crippen LogP contribution in [0, 0.1) is 23.7 Å². The third kappa shape index (κ3) is 5.01. The smallest absolute Gasteiger partial charge is 0.0116 e. The lowest BCUT2D eigenvalue weighted by molar-refractivity contribution is 0.218. The first-order chi connectivity index (χ1) is 6.77. The summed E-state index contributed by atoms with van der Waals surface area (Å²) in [6.07, 6.45) is 0. The van der Waals surface area contributed by atoms with E-state index in [1.807, 2.05) is 0 Å². The van der Waals surface area contributed by atoms with Crippen LogP contribution >= 0.6 is 0 Å². The van der Waals surface area contributed by atoms with Crippen molar-refractivity contribution < 1.29 is 0 Å². The van der Waals surface area contributed by atoms with E-state index < -0.39 is 0 Å². The molecule has 0 amide bonds. The Morgan fingerprint density at radius 1 is 0.467 bits per heavy atom. The van der Waals surface area contributed by atoms with E-state index in [4.69, 9.17) is 0 Å². The highest BCUT2D eigenvalue weighted by Gasteiger charge is 2.24. The summed E-state index contributed by atoms with van der Waals surface area (Å²) in [6.45, 7) is 18.5. The normalized spacial score (nSPS) is 13.2. The quantitative estimate of drug-likeness (QED) is 0.705. The van der Waals surface area contributed by atoms with Crippen LogP contribution in [0.4, 0.5) is 0 Å². The largest absolute Gasteiger partial charge is 0.310 e. The molecule has 0 unspecified atom stereocenters. The zero-order valence-corrected chi connectivity index (χ0v) is 12.0. The fourth-order valence-corrected chi connectivity index (χ4v) is 2.53. The average Bonchev–Trinajstić information content (AvgIpc) is 2.01. The van der Waals surface area contributed by atoms with E-state index in [1.54, 1.807) is 0 Å². The molecule has 0 aliphatic carbocycles. The van der Waals surface area contributed by atoms with Crippen LogP contribution in [0.15, 0.2) is 0 Å². The van der Waals surface area contributed by atoms with Gasteiger partial charge in [0.25, 0.3) is 0 Å². The molecule has 0 saturated carbocycles. The Labute approximate surface area is 97.0 Å². The topological polar surface area (TPSA) is 12.0 Å². The molecule has 0 atom stereocenters. The monoisotopic (exact) mass is 213 g/mol. The van der Waals surface area contributed by atoms with Crippen LogP contribution in [0.1, 0.15) is 55.4 Å². The maximum Gasteiger partial charge on any atom is 0.0116 e. The van der Waals surface area contributed by atoms with Gasteiger partial charge in [0.1, 0.15) is 0 Å².